The average Bonchev–Trinajstić information content (AvgIpc) is 0.711. The number of amides is 8. The van der Waals surface area contributed by atoms with Crippen LogP contribution in [0.25, 0.3) is 64.6 Å². The Hall–Kier alpha value is -14.8. The van der Waals surface area contributed by atoms with Gasteiger partial charge in [-0.3, -0.25) is 47.9 Å². The van der Waals surface area contributed by atoms with E-state index in [0.717, 1.165) is 90.9 Å². The Morgan fingerprint density at radius 2 is 0.541 bits per heavy atom. The third-order valence-electron chi connectivity index (χ3n) is 21.1. The van der Waals surface area contributed by atoms with Crippen molar-refractivity contribution in [1.82, 2.24) is 0 Å². The molecule has 19 rings (SSSR count). The average molecular weight is 1420 g/mol. The highest BCUT2D eigenvalue weighted by Gasteiger charge is 2.44. The molecule has 0 saturated heterocycles. The Kier molecular flexibility index (Phi) is 14.9. The van der Waals surface area contributed by atoms with Crippen molar-refractivity contribution in [2.45, 2.75) is 20.3 Å². The maximum atomic E-state index is 14.8. The van der Waals surface area contributed by atoms with Gasteiger partial charge in [0.25, 0.3) is 47.3 Å². The molecule has 109 heavy (non-hydrogen) atoms. The first-order chi connectivity index (χ1) is 53.0. The lowest BCUT2D eigenvalue weighted by molar-refractivity contribution is -0.151. The number of imide groups is 4. The molecule has 15 aromatic rings. The monoisotopic (exact) mass is 1420 g/mol. The van der Waals surface area contributed by atoms with E-state index >= 15 is 0 Å². The van der Waals surface area contributed by atoms with Crippen LogP contribution in [-0.2, 0) is 16.0 Å². The summed E-state index contributed by atoms with van der Waals surface area (Å²) in [5, 5.41) is 8.34. The summed E-state index contributed by atoms with van der Waals surface area (Å²) in [5.41, 5.74) is 7.15. The highest BCUT2D eigenvalue weighted by molar-refractivity contribution is 6.44. The van der Waals surface area contributed by atoms with Crippen LogP contribution in [0.15, 0.2) is 279 Å². The van der Waals surface area contributed by atoms with Crippen LogP contribution in [0, 0.1) is 19.8 Å². The third-order valence-corrected chi connectivity index (χ3v) is 21.1. The number of anilines is 7. The predicted molar refractivity (Wildman–Crippen MR) is 417 cm³/mol. The molecule has 0 fully saturated rings. The first kappa shape index (κ1) is 65.0. The number of benzene rings is 15. The molecule has 520 valence electrons. The summed E-state index contributed by atoms with van der Waals surface area (Å²) in [5.74, 6) is -9.12. The third kappa shape index (κ3) is 10.5. The van der Waals surface area contributed by atoms with E-state index in [2.05, 4.69) is 4.90 Å². The van der Waals surface area contributed by atoms with E-state index in [9.17, 15) is 47.9 Å². The van der Waals surface area contributed by atoms with Gasteiger partial charge in [-0.15, -0.1) is 0 Å². The van der Waals surface area contributed by atoms with Gasteiger partial charge in [0, 0.05) is 83.1 Å². The van der Waals surface area contributed by atoms with Crippen LogP contribution in [0.3, 0.4) is 0 Å². The van der Waals surface area contributed by atoms with E-state index in [-0.39, 0.29) is 95.3 Å². The van der Waals surface area contributed by atoms with Gasteiger partial charge in [-0.25, -0.2) is 19.6 Å². The smallest absolute Gasteiger partial charge is 0.326 e. The predicted octanol–water partition coefficient (Wildman–Crippen LogP) is 18.3. The lowest BCUT2D eigenvalue weighted by atomic mass is 9.85. The van der Waals surface area contributed by atoms with E-state index in [1.54, 1.807) is 36.4 Å². The molecule has 0 spiro atoms. The molecule has 0 radical (unpaired) electrons. The number of fused-ring (bicyclic) bond motifs is 4. The molecule has 4 aliphatic rings. The molecular weight excluding hydrogens is 1370 g/mol. The van der Waals surface area contributed by atoms with Crippen LogP contribution in [0.1, 0.15) is 99.6 Å². The molecule has 4 heterocycles. The lowest BCUT2D eigenvalue weighted by Crippen LogP contribution is -2.43. The molecule has 0 bridgehead atoms. The van der Waals surface area contributed by atoms with Crippen molar-refractivity contribution in [3.8, 4) is 11.5 Å². The molecule has 17 nitrogen and oxygen atoms in total. The largest absolute Gasteiger partial charge is 0.426 e. The summed E-state index contributed by atoms with van der Waals surface area (Å²) in [7, 11) is 0. The van der Waals surface area contributed by atoms with Gasteiger partial charge in [0.2, 0.25) is 0 Å². The number of nitrogens with zero attached hydrogens (tertiary/aromatic N) is 5. The number of esters is 2. The summed E-state index contributed by atoms with van der Waals surface area (Å²) in [6.07, 6.45) is -0.216. The molecule has 0 N–H and O–H groups in total. The highest BCUT2D eigenvalue weighted by Crippen LogP contribution is 2.45. The minimum Gasteiger partial charge on any atom is -0.426 e. The number of carbonyl (C=O) groups excluding carboxylic acids is 10. The molecule has 0 saturated carbocycles. The van der Waals surface area contributed by atoms with Gasteiger partial charge in [-0.2, -0.15) is 0 Å². The van der Waals surface area contributed by atoms with Gasteiger partial charge >= 0.3 is 11.9 Å². The Labute approximate surface area is 620 Å². The number of rotatable bonds is 13. The van der Waals surface area contributed by atoms with E-state index in [1.807, 2.05) is 159 Å². The van der Waals surface area contributed by atoms with Crippen LogP contribution in [0.5, 0.6) is 11.5 Å². The molecule has 0 atom stereocenters. The number of hydrogen-bond acceptors (Lipinski definition) is 13. The van der Waals surface area contributed by atoms with Crippen molar-refractivity contribution in [3.63, 3.8) is 0 Å². The second kappa shape index (κ2) is 24.9. The number of carbonyl (C=O) groups is 10. The van der Waals surface area contributed by atoms with Crippen molar-refractivity contribution in [1.29, 1.82) is 0 Å². The molecule has 8 amide bonds. The highest BCUT2D eigenvalue weighted by atomic mass is 16.6. The van der Waals surface area contributed by atoms with Crippen LogP contribution in [0.2, 0.25) is 0 Å². The molecule has 0 aliphatic carbocycles. The van der Waals surface area contributed by atoms with Crippen molar-refractivity contribution in [2.24, 2.45) is 5.92 Å². The van der Waals surface area contributed by atoms with Gasteiger partial charge in [0.1, 0.15) is 11.5 Å². The SMILES string of the molecule is Cc1ccc(N(c2ccc(C)cc2)c2ccc(CC(C(=O)Oc3ccc(N4C(=O)c5ccc6c7c(ccc(c57)C4=O)C(=O)N(c4ccc5cc7ccccc7cc5c4)C6=O)cc3)C(=O)Oc3ccc(N4C(=O)c5ccc6c7c(ccc(c57)C4=O)C(=O)N(c4ccc5cc7ccccc7cc5c4)C6=O)cc3)cc2)cc1. The van der Waals surface area contributed by atoms with Crippen molar-refractivity contribution < 1.29 is 57.4 Å². The van der Waals surface area contributed by atoms with Crippen molar-refractivity contribution in [3.05, 3.63) is 340 Å². The Balaban J connectivity index is 0.586. The molecule has 17 heteroatoms. The zero-order valence-corrected chi connectivity index (χ0v) is 58.0. The molecule has 15 aromatic carbocycles. The fourth-order valence-electron chi connectivity index (χ4n) is 15.6. The van der Waals surface area contributed by atoms with E-state index in [0.29, 0.717) is 16.9 Å². The topological polar surface area (TPSA) is 205 Å². The summed E-state index contributed by atoms with van der Waals surface area (Å²) >= 11 is 0. The molecular formula is C92H55N5O12. The van der Waals surface area contributed by atoms with E-state index < -0.39 is 65.1 Å². The Bertz CT molecular complexity index is 6130. The zero-order valence-electron chi connectivity index (χ0n) is 58.0. The second-order valence-corrected chi connectivity index (χ2v) is 27.6. The molecule has 0 unspecified atom stereocenters. The zero-order chi connectivity index (χ0) is 74.4. The minimum atomic E-state index is -1.62. The van der Waals surface area contributed by atoms with Crippen LogP contribution in [0.4, 0.5) is 39.8 Å². The fraction of sp³-hybridized carbons (Fsp3) is 0.0435. The maximum Gasteiger partial charge on any atom is 0.326 e. The number of aryl methyl sites for hydroxylation is 2. The van der Waals surface area contributed by atoms with Crippen molar-refractivity contribution in [2.75, 3.05) is 24.5 Å². The van der Waals surface area contributed by atoms with Gasteiger partial charge in [-0.1, -0.05) is 108 Å². The quantitative estimate of drug-likeness (QED) is 0.0347. The van der Waals surface area contributed by atoms with Gasteiger partial charge in [0.15, 0.2) is 5.92 Å². The van der Waals surface area contributed by atoms with Crippen LogP contribution >= 0.6 is 0 Å². The first-order valence-corrected chi connectivity index (χ1v) is 35.2. The normalized spacial score (nSPS) is 13.9. The molecule has 0 aromatic heterocycles. The number of ether oxygens (including phenoxy) is 2. The fourth-order valence-corrected chi connectivity index (χ4v) is 15.6. The Morgan fingerprint density at radius 3 is 0.844 bits per heavy atom. The van der Waals surface area contributed by atoms with Gasteiger partial charge < -0.3 is 14.4 Å². The maximum absolute atomic E-state index is 14.8. The first-order valence-electron chi connectivity index (χ1n) is 35.2. The van der Waals surface area contributed by atoms with Crippen LogP contribution in [-0.4, -0.2) is 59.2 Å². The summed E-state index contributed by atoms with van der Waals surface area (Å²) in [6.45, 7) is 4.02. The van der Waals surface area contributed by atoms with E-state index in [1.165, 1.54) is 97.1 Å². The Morgan fingerprint density at radius 1 is 0.284 bits per heavy atom. The lowest BCUT2D eigenvalue weighted by Gasteiger charge is -2.32. The minimum absolute atomic E-state index is 0.0526. The summed E-state index contributed by atoms with van der Waals surface area (Å²) in [4.78, 5) is 152. The van der Waals surface area contributed by atoms with Gasteiger partial charge in [0.05, 0.1) is 22.7 Å². The van der Waals surface area contributed by atoms with Crippen LogP contribution < -0.4 is 34.0 Å². The van der Waals surface area contributed by atoms with Crippen molar-refractivity contribution >= 4 is 164 Å². The van der Waals surface area contributed by atoms with E-state index in [4.69, 9.17) is 9.47 Å². The standard InChI is InChI=1S/C92H55N5O12/c1-50-11-19-61(20-12-50)93(62-21-13-51(2)14-22-62)63-23-15-52(16-24-63)43-78(91(106)108-68-31-27-64(28-32-68)94-83(98)70-35-39-74-81-75(40-36-71(79(70)81)84(94)99)88(103)96(87(74)102)66-25-17-57-44-53-7-3-5-9-55(53)46-59(57)48-66)92(107)109-69-33-29-65(30-34-69)95-85(100)72-37-41-76-82-77(42-38-73(80(72)82)86(95)101)90(105)97(89(76)104)67-26-18-58-45-54-8-4-6-10-56(54)47-60(58)49-67/h3-42,44-49,78H,43H2,1-2H3. The summed E-state index contributed by atoms with van der Waals surface area (Å²) < 4.78 is 12.0. The summed E-state index contributed by atoms with van der Waals surface area (Å²) in [6, 6.07) is 81.3. The van der Waals surface area contributed by atoms with Gasteiger partial charge in [-0.05, 0) is 251 Å². The molecule has 4 aliphatic heterocycles. The second-order valence-electron chi connectivity index (χ2n) is 27.6. The number of hydrogen-bond donors (Lipinski definition) is 0.